The first-order valence-corrected chi connectivity index (χ1v) is 10.8. The van der Waals surface area contributed by atoms with E-state index in [9.17, 15) is 9.59 Å². The van der Waals surface area contributed by atoms with Gasteiger partial charge in [-0.3, -0.25) is 4.79 Å². The van der Waals surface area contributed by atoms with Crippen molar-refractivity contribution in [2.24, 2.45) is 0 Å². The molecule has 7 nitrogen and oxygen atoms in total. The van der Waals surface area contributed by atoms with Gasteiger partial charge in [0.25, 0.3) is 5.91 Å². The molecule has 0 bridgehead atoms. The molecule has 0 saturated carbocycles. The number of nitrogens with one attached hydrogen (secondary N) is 2. The van der Waals surface area contributed by atoms with Crippen LogP contribution < -0.4 is 20.1 Å². The SMILES string of the molecule is CCc1ccc(N[C@H]2NC(=O)/C(=C/c3cc(Br)c(OCC(=O)O)c(OC)c3)S2)cc1. The van der Waals surface area contributed by atoms with Gasteiger partial charge in [0.1, 0.15) is 0 Å². The lowest BCUT2D eigenvalue weighted by Crippen LogP contribution is -2.30. The second kappa shape index (κ2) is 9.90. The Morgan fingerprint density at radius 2 is 2.07 bits per heavy atom. The number of hydrogen-bond donors (Lipinski definition) is 3. The summed E-state index contributed by atoms with van der Waals surface area (Å²) in [5.41, 5.74) is 2.61. The van der Waals surface area contributed by atoms with Crippen molar-refractivity contribution in [2.75, 3.05) is 19.0 Å². The van der Waals surface area contributed by atoms with Crippen LogP contribution in [0.3, 0.4) is 0 Å². The fraction of sp³-hybridized carbons (Fsp3) is 0.238. The van der Waals surface area contributed by atoms with E-state index in [0.29, 0.717) is 26.4 Å². The molecule has 1 heterocycles. The van der Waals surface area contributed by atoms with Gasteiger partial charge < -0.3 is 25.2 Å². The van der Waals surface area contributed by atoms with E-state index in [4.69, 9.17) is 14.6 Å². The average molecular weight is 493 g/mol. The molecule has 3 N–H and O–H groups in total. The standard InChI is InChI=1S/C21H21BrN2O5S/c1-3-12-4-6-14(7-5-12)23-21-24-20(27)17(30-21)10-13-8-15(22)19(16(9-13)28-2)29-11-18(25)26/h4-10,21,23H,3,11H2,1-2H3,(H,24,27)(H,25,26)/b17-10-/t21-/m0/s1. The summed E-state index contributed by atoms with van der Waals surface area (Å²) in [5.74, 6) is -0.603. The lowest BCUT2D eigenvalue weighted by molar-refractivity contribution is -0.139. The number of halogens is 1. The van der Waals surface area contributed by atoms with Gasteiger partial charge in [0.15, 0.2) is 23.6 Å². The Bertz CT molecular complexity index is 978. The summed E-state index contributed by atoms with van der Waals surface area (Å²) in [6.45, 7) is 1.62. The molecule has 1 atom stereocenters. The summed E-state index contributed by atoms with van der Waals surface area (Å²) in [4.78, 5) is 23.7. The molecule has 1 aliphatic rings. The maximum Gasteiger partial charge on any atom is 0.341 e. The number of thioether (sulfide) groups is 1. The van der Waals surface area contributed by atoms with Gasteiger partial charge in [-0.1, -0.05) is 30.8 Å². The van der Waals surface area contributed by atoms with Crippen molar-refractivity contribution in [1.82, 2.24) is 5.32 Å². The third kappa shape index (κ3) is 5.48. The topological polar surface area (TPSA) is 96.9 Å². The Morgan fingerprint density at radius 1 is 1.33 bits per heavy atom. The van der Waals surface area contributed by atoms with Crippen molar-refractivity contribution in [3.8, 4) is 11.5 Å². The zero-order valence-electron chi connectivity index (χ0n) is 16.4. The van der Waals surface area contributed by atoms with Crippen LogP contribution in [-0.4, -0.2) is 36.2 Å². The van der Waals surface area contributed by atoms with Crippen molar-refractivity contribution < 1.29 is 24.2 Å². The zero-order valence-corrected chi connectivity index (χ0v) is 18.8. The first-order chi connectivity index (χ1) is 14.4. The van der Waals surface area contributed by atoms with Gasteiger partial charge >= 0.3 is 5.97 Å². The van der Waals surface area contributed by atoms with Crippen LogP contribution in [0, 0.1) is 0 Å². The first-order valence-electron chi connectivity index (χ1n) is 9.16. The minimum Gasteiger partial charge on any atom is -0.493 e. The zero-order chi connectivity index (χ0) is 21.7. The highest BCUT2D eigenvalue weighted by Gasteiger charge is 2.27. The second-order valence-electron chi connectivity index (χ2n) is 6.39. The van der Waals surface area contributed by atoms with E-state index in [1.54, 1.807) is 18.2 Å². The fourth-order valence-electron chi connectivity index (χ4n) is 2.80. The quantitative estimate of drug-likeness (QED) is 0.477. The van der Waals surface area contributed by atoms with Crippen LogP contribution in [0.1, 0.15) is 18.1 Å². The number of carbonyl (C=O) groups is 2. The van der Waals surface area contributed by atoms with E-state index >= 15 is 0 Å². The number of methoxy groups -OCH3 is 1. The van der Waals surface area contributed by atoms with Gasteiger partial charge in [0.2, 0.25) is 0 Å². The Hall–Kier alpha value is -2.65. The molecule has 1 fully saturated rings. The lowest BCUT2D eigenvalue weighted by Gasteiger charge is -2.13. The summed E-state index contributed by atoms with van der Waals surface area (Å²) in [6, 6.07) is 11.5. The smallest absolute Gasteiger partial charge is 0.341 e. The third-order valence-corrected chi connectivity index (χ3v) is 5.90. The van der Waals surface area contributed by atoms with Gasteiger partial charge in [0, 0.05) is 5.69 Å². The van der Waals surface area contributed by atoms with Crippen LogP contribution in [0.2, 0.25) is 0 Å². The van der Waals surface area contributed by atoms with Gasteiger partial charge in [-0.25, -0.2) is 4.79 Å². The molecule has 0 spiro atoms. The predicted octanol–water partition coefficient (Wildman–Crippen LogP) is 4.08. The molecule has 0 aliphatic carbocycles. The molecule has 0 radical (unpaired) electrons. The molecule has 0 aromatic heterocycles. The van der Waals surface area contributed by atoms with Crippen molar-refractivity contribution in [1.29, 1.82) is 0 Å². The van der Waals surface area contributed by atoms with E-state index < -0.39 is 12.6 Å². The van der Waals surface area contributed by atoms with Crippen LogP contribution in [-0.2, 0) is 16.0 Å². The number of carboxylic acids is 1. The minimum absolute atomic E-state index is 0.177. The first kappa shape index (κ1) is 22.0. The summed E-state index contributed by atoms with van der Waals surface area (Å²) >= 11 is 4.75. The van der Waals surface area contributed by atoms with Crippen LogP contribution >= 0.6 is 27.7 Å². The molecule has 1 saturated heterocycles. The normalized spacial score (nSPS) is 17.0. The molecule has 2 aromatic rings. The maximum atomic E-state index is 12.4. The molecule has 2 aromatic carbocycles. The lowest BCUT2D eigenvalue weighted by atomic mass is 10.1. The minimum atomic E-state index is -1.09. The number of aliphatic carboxylic acids is 1. The number of amides is 1. The molecular weight excluding hydrogens is 472 g/mol. The molecule has 1 amide bonds. The number of carboxylic acid groups (broad SMARTS) is 1. The predicted molar refractivity (Wildman–Crippen MR) is 121 cm³/mol. The van der Waals surface area contributed by atoms with E-state index in [2.05, 4.69) is 45.6 Å². The molecule has 3 rings (SSSR count). The molecule has 9 heteroatoms. The summed E-state index contributed by atoms with van der Waals surface area (Å²) in [7, 11) is 1.47. The van der Waals surface area contributed by atoms with E-state index in [-0.39, 0.29) is 11.4 Å². The summed E-state index contributed by atoms with van der Waals surface area (Å²) in [5, 5.41) is 15.0. The van der Waals surface area contributed by atoms with Crippen LogP contribution in [0.25, 0.3) is 6.08 Å². The van der Waals surface area contributed by atoms with E-state index in [1.807, 2.05) is 12.1 Å². The van der Waals surface area contributed by atoms with Crippen LogP contribution in [0.15, 0.2) is 45.8 Å². The number of anilines is 1. The largest absolute Gasteiger partial charge is 0.493 e. The Morgan fingerprint density at radius 3 is 2.70 bits per heavy atom. The number of benzene rings is 2. The molecular formula is C21H21BrN2O5S. The Kier molecular flexibility index (Phi) is 7.28. The van der Waals surface area contributed by atoms with Gasteiger partial charge in [-0.05, 0) is 63.8 Å². The molecule has 158 valence electrons. The van der Waals surface area contributed by atoms with Crippen LogP contribution in [0.4, 0.5) is 5.69 Å². The van der Waals surface area contributed by atoms with Gasteiger partial charge in [0.05, 0.1) is 16.5 Å². The summed E-state index contributed by atoms with van der Waals surface area (Å²) < 4.78 is 11.1. The van der Waals surface area contributed by atoms with Crippen molar-refractivity contribution in [2.45, 2.75) is 18.8 Å². The van der Waals surface area contributed by atoms with Crippen LogP contribution in [0.5, 0.6) is 11.5 Å². The molecule has 1 aliphatic heterocycles. The van der Waals surface area contributed by atoms with Crippen molar-refractivity contribution in [3.05, 3.63) is 56.9 Å². The number of rotatable bonds is 8. The third-order valence-electron chi connectivity index (χ3n) is 4.28. The summed E-state index contributed by atoms with van der Waals surface area (Å²) in [6.07, 6.45) is 2.72. The Balaban J connectivity index is 1.74. The highest BCUT2D eigenvalue weighted by molar-refractivity contribution is 9.10. The van der Waals surface area contributed by atoms with Crippen molar-refractivity contribution >= 4 is 51.3 Å². The molecule has 0 unspecified atom stereocenters. The van der Waals surface area contributed by atoms with Gasteiger partial charge in [-0.2, -0.15) is 0 Å². The van der Waals surface area contributed by atoms with Gasteiger partial charge in [-0.15, -0.1) is 0 Å². The van der Waals surface area contributed by atoms with Crippen molar-refractivity contribution in [3.63, 3.8) is 0 Å². The number of aryl methyl sites for hydroxylation is 1. The second-order valence-corrected chi connectivity index (χ2v) is 8.39. The number of ether oxygens (including phenoxy) is 2. The maximum absolute atomic E-state index is 12.4. The van der Waals surface area contributed by atoms with E-state index in [0.717, 1.165) is 12.1 Å². The van der Waals surface area contributed by atoms with E-state index in [1.165, 1.54) is 24.4 Å². The highest BCUT2D eigenvalue weighted by Crippen LogP contribution is 2.38. The Labute approximate surface area is 187 Å². The fourth-order valence-corrected chi connectivity index (χ4v) is 4.36. The average Bonchev–Trinajstić information content (AvgIpc) is 3.05. The highest BCUT2D eigenvalue weighted by atomic mass is 79.9. The number of carbonyl (C=O) groups excluding carboxylic acids is 1. The molecule has 30 heavy (non-hydrogen) atoms. The monoisotopic (exact) mass is 492 g/mol. The number of hydrogen-bond acceptors (Lipinski definition) is 6.